The molecule has 2 aromatic heterocycles. The average molecular weight is 235 g/mol. The quantitative estimate of drug-likeness (QED) is 0.714. The second-order valence-electron chi connectivity index (χ2n) is 3.67. The van der Waals surface area contributed by atoms with Gasteiger partial charge in [0, 0.05) is 6.04 Å². The lowest BCUT2D eigenvalue weighted by Gasteiger charge is -2.15. The zero-order valence-corrected chi connectivity index (χ0v) is 9.34. The van der Waals surface area contributed by atoms with Gasteiger partial charge in [-0.2, -0.15) is 0 Å². The van der Waals surface area contributed by atoms with E-state index >= 15 is 0 Å². The van der Waals surface area contributed by atoms with Gasteiger partial charge in [0.15, 0.2) is 11.5 Å². The summed E-state index contributed by atoms with van der Waals surface area (Å²) in [6.45, 7) is 1.92. The molecule has 0 saturated carbocycles. The molecule has 0 amide bonds. The normalized spacial score (nSPS) is 12.5. The van der Waals surface area contributed by atoms with Gasteiger partial charge in [-0.25, -0.2) is 15.0 Å². The summed E-state index contributed by atoms with van der Waals surface area (Å²) in [5.74, 6) is -0.250. The van der Waals surface area contributed by atoms with Gasteiger partial charge < -0.3 is 15.4 Å². The Morgan fingerprint density at radius 2 is 2.35 bits per heavy atom. The maximum absolute atomic E-state index is 10.7. The molecule has 0 spiro atoms. The van der Waals surface area contributed by atoms with Crippen molar-refractivity contribution in [3.05, 3.63) is 12.7 Å². The minimum atomic E-state index is -0.834. The van der Waals surface area contributed by atoms with Gasteiger partial charge in [0.25, 0.3) is 0 Å². The number of carbonyl (C=O) groups is 1. The average Bonchev–Trinajstić information content (AvgIpc) is 2.76. The minimum Gasteiger partial charge on any atom is -0.481 e. The predicted octanol–water partition coefficient (Wildman–Crippen LogP) is 1.02. The van der Waals surface area contributed by atoms with Gasteiger partial charge in [-0.15, -0.1) is 0 Å². The van der Waals surface area contributed by atoms with Gasteiger partial charge >= 0.3 is 5.97 Å². The maximum atomic E-state index is 10.7. The molecule has 0 aliphatic rings. The van der Waals surface area contributed by atoms with E-state index in [1.54, 1.807) is 0 Å². The molecule has 2 rings (SSSR count). The SMILES string of the molecule is CCC(CC(=O)O)Nc1ncnc2nc[nH]c12. The van der Waals surface area contributed by atoms with Crippen LogP contribution in [0.5, 0.6) is 0 Å². The number of nitrogens with one attached hydrogen (secondary N) is 2. The number of imidazole rings is 1. The van der Waals surface area contributed by atoms with Gasteiger partial charge in [0.2, 0.25) is 0 Å². The van der Waals surface area contributed by atoms with Crippen molar-refractivity contribution in [2.75, 3.05) is 5.32 Å². The molecule has 17 heavy (non-hydrogen) atoms. The highest BCUT2D eigenvalue weighted by atomic mass is 16.4. The van der Waals surface area contributed by atoms with Crippen LogP contribution in [0, 0.1) is 0 Å². The Hall–Kier alpha value is -2.18. The van der Waals surface area contributed by atoms with Crippen LogP contribution in [-0.4, -0.2) is 37.1 Å². The Bertz CT molecular complexity index is 524. The summed E-state index contributed by atoms with van der Waals surface area (Å²) in [6, 6.07) is -0.158. The van der Waals surface area contributed by atoms with Crippen molar-refractivity contribution in [3.63, 3.8) is 0 Å². The molecular formula is C10H13N5O2. The first-order valence-corrected chi connectivity index (χ1v) is 5.33. The van der Waals surface area contributed by atoms with E-state index in [9.17, 15) is 4.79 Å². The van der Waals surface area contributed by atoms with Crippen molar-refractivity contribution in [3.8, 4) is 0 Å². The largest absolute Gasteiger partial charge is 0.481 e. The molecule has 7 heteroatoms. The summed E-state index contributed by atoms with van der Waals surface area (Å²) in [4.78, 5) is 25.7. The molecule has 0 aromatic carbocycles. The number of anilines is 1. The third-order valence-electron chi connectivity index (χ3n) is 2.48. The molecule has 1 unspecified atom stereocenters. The third kappa shape index (κ3) is 2.49. The number of aromatic amines is 1. The molecule has 2 aromatic rings. The van der Waals surface area contributed by atoms with Gasteiger partial charge in [0.05, 0.1) is 12.7 Å². The number of fused-ring (bicyclic) bond motifs is 1. The molecule has 0 radical (unpaired) electrons. The van der Waals surface area contributed by atoms with E-state index in [1.165, 1.54) is 12.7 Å². The lowest BCUT2D eigenvalue weighted by atomic mass is 10.1. The summed E-state index contributed by atoms with van der Waals surface area (Å²) >= 11 is 0. The van der Waals surface area contributed by atoms with E-state index in [4.69, 9.17) is 5.11 Å². The van der Waals surface area contributed by atoms with Gasteiger partial charge in [-0.1, -0.05) is 6.92 Å². The molecule has 7 nitrogen and oxygen atoms in total. The molecular weight excluding hydrogens is 222 g/mol. The number of aromatic nitrogens is 4. The molecule has 3 N–H and O–H groups in total. The number of rotatable bonds is 5. The van der Waals surface area contributed by atoms with E-state index < -0.39 is 5.97 Å². The highest BCUT2D eigenvalue weighted by Crippen LogP contribution is 2.16. The van der Waals surface area contributed by atoms with Crippen LogP contribution in [0.25, 0.3) is 11.2 Å². The summed E-state index contributed by atoms with van der Waals surface area (Å²) in [5, 5.41) is 11.9. The number of aliphatic carboxylic acids is 1. The van der Waals surface area contributed by atoms with E-state index in [0.29, 0.717) is 23.4 Å². The van der Waals surface area contributed by atoms with Gasteiger partial charge in [-0.3, -0.25) is 4.79 Å². The molecule has 90 valence electrons. The fourth-order valence-corrected chi connectivity index (χ4v) is 1.58. The van der Waals surface area contributed by atoms with E-state index in [0.717, 1.165) is 0 Å². The Balaban J connectivity index is 2.21. The molecule has 0 saturated heterocycles. The van der Waals surface area contributed by atoms with Crippen molar-refractivity contribution in [1.82, 2.24) is 19.9 Å². The third-order valence-corrected chi connectivity index (χ3v) is 2.48. The number of carboxylic acid groups (broad SMARTS) is 1. The monoisotopic (exact) mass is 235 g/mol. The standard InChI is InChI=1S/C10H13N5O2/c1-2-6(3-7(16)17)15-10-8-9(12-4-11-8)13-5-14-10/h4-6H,2-3H2,1H3,(H,16,17)(H2,11,12,13,14,15). The minimum absolute atomic E-state index is 0.0517. The number of H-pyrrole nitrogens is 1. The molecule has 0 bridgehead atoms. The molecule has 2 heterocycles. The lowest BCUT2D eigenvalue weighted by Crippen LogP contribution is -2.23. The number of hydrogen-bond donors (Lipinski definition) is 3. The van der Waals surface area contributed by atoms with Crippen molar-refractivity contribution in [2.24, 2.45) is 0 Å². The van der Waals surface area contributed by atoms with Gasteiger partial charge in [0.1, 0.15) is 11.8 Å². The van der Waals surface area contributed by atoms with Crippen LogP contribution in [0.15, 0.2) is 12.7 Å². The Morgan fingerprint density at radius 3 is 3.06 bits per heavy atom. The fraction of sp³-hybridized carbons (Fsp3) is 0.400. The number of carboxylic acids is 1. The molecule has 0 fully saturated rings. The Morgan fingerprint density at radius 1 is 1.53 bits per heavy atom. The zero-order valence-electron chi connectivity index (χ0n) is 9.34. The molecule has 0 aliphatic heterocycles. The van der Waals surface area contributed by atoms with Crippen LogP contribution in [0.3, 0.4) is 0 Å². The second kappa shape index (κ2) is 4.77. The Kier molecular flexibility index (Phi) is 3.17. The second-order valence-corrected chi connectivity index (χ2v) is 3.67. The smallest absolute Gasteiger partial charge is 0.305 e. The summed E-state index contributed by atoms with van der Waals surface area (Å²) < 4.78 is 0. The van der Waals surface area contributed by atoms with Crippen LogP contribution in [0.2, 0.25) is 0 Å². The van der Waals surface area contributed by atoms with Crippen molar-refractivity contribution < 1.29 is 9.90 Å². The summed E-state index contributed by atoms with van der Waals surface area (Å²) in [5.41, 5.74) is 1.25. The molecule has 0 aliphatic carbocycles. The van der Waals surface area contributed by atoms with Crippen LogP contribution in [-0.2, 0) is 4.79 Å². The fourth-order valence-electron chi connectivity index (χ4n) is 1.58. The maximum Gasteiger partial charge on any atom is 0.305 e. The van der Waals surface area contributed by atoms with E-state index in [-0.39, 0.29) is 12.5 Å². The van der Waals surface area contributed by atoms with Crippen LogP contribution in [0.4, 0.5) is 5.82 Å². The Labute approximate surface area is 97.3 Å². The first-order valence-electron chi connectivity index (χ1n) is 5.33. The van der Waals surface area contributed by atoms with E-state index in [1.807, 2.05) is 6.92 Å². The van der Waals surface area contributed by atoms with Crippen molar-refractivity contribution in [2.45, 2.75) is 25.8 Å². The first kappa shape index (κ1) is 11.3. The first-order chi connectivity index (χ1) is 8.20. The van der Waals surface area contributed by atoms with E-state index in [2.05, 4.69) is 25.3 Å². The predicted molar refractivity (Wildman–Crippen MR) is 61.6 cm³/mol. The number of nitrogens with zero attached hydrogens (tertiary/aromatic N) is 3. The zero-order chi connectivity index (χ0) is 12.3. The van der Waals surface area contributed by atoms with Gasteiger partial charge in [-0.05, 0) is 6.42 Å². The molecule has 1 atom stereocenters. The van der Waals surface area contributed by atoms with Crippen LogP contribution < -0.4 is 5.32 Å². The van der Waals surface area contributed by atoms with Crippen molar-refractivity contribution in [1.29, 1.82) is 0 Å². The summed E-state index contributed by atoms with van der Waals surface area (Å²) in [7, 11) is 0. The topological polar surface area (TPSA) is 104 Å². The highest BCUT2D eigenvalue weighted by molar-refractivity contribution is 5.82. The summed E-state index contributed by atoms with van der Waals surface area (Å²) in [6.07, 6.45) is 3.68. The number of hydrogen-bond acceptors (Lipinski definition) is 5. The van der Waals surface area contributed by atoms with Crippen molar-refractivity contribution >= 4 is 23.0 Å². The lowest BCUT2D eigenvalue weighted by molar-refractivity contribution is -0.137. The van der Waals surface area contributed by atoms with Crippen LogP contribution >= 0.6 is 0 Å². The van der Waals surface area contributed by atoms with Crippen LogP contribution in [0.1, 0.15) is 19.8 Å². The highest BCUT2D eigenvalue weighted by Gasteiger charge is 2.14.